The third kappa shape index (κ3) is 3.73. The largest absolute Gasteiger partial charge is 0.467 e. The van der Waals surface area contributed by atoms with E-state index in [-0.39, 0.29) is 23.6 Å². The summed E-state index contributed by atoms with van der Waals surface area (Å²) < 4.78 is 9.69. The van der Waals surface area contributed by atoms with E-state index in [9.17, 15) is 9.59 Å². The molecule has 0 spiro atoms. The molecule has 1 aromatic rings. The summed E-state index contributed by atoms with van der Waals surface area (Å²) in [5, 5.41) is 8.99. The molecule has 2 unspecified atom stereocenters. The van der Waals surface area contributed by atoms with E-state index in [2.05, 4.69) is 10.5 Å². The number of hydrogen-bond acceptors (Lipinski definition) is 6. The second-order valence-electron chi connectivity index (χ2n) is 5.51. The highest BCUT2D eigenvalue weighted by atomic mass is 16.6. The minimum atomic E-state index is -0.624. The summed E-state index contributed by atoms with van der Waals surface area (Å²) in [7, 11) is 1.43. The van der Waals surface area contributed by atoms with Crippen molar-refractivity contribution >= 4 is 17.8 Å². The zero-order chi connectivity index (χ0) is 17.0. The van der Waals surface area contributed by atoms with Crippen LogP contribution < -0.4 is 15.8 Å². The molecule has 1 aliphatic heterocycles. The Morgan fingerprint density at radius 1 is 1.48 bits per heavy atom. The van der Waals surface area contributed by atoms with Crippen molar-refractivity contribution in [2.75, 3.05) is 25.5 Å². The Morgan fingerprint density at radius 2 is 2.17 bits per heavy atom. The number of carbonyl (C=O) groups excluding carboxylic acids is 2. The first-order valence-electron chi connectivity index (χ1n) is 7.64. The van der Waals surface area contributed by atoms with Crippen molar-refractivity contribution in [1.29, 1.82) is 0 Å². The van der Waals surface area contributed by atoms with Crippen LogP contribution in [0, 0.1) is 5.92 Å². The van der Waals surface area contributed by atoms with Gasteiger partial charge in [0.15, 0.2) is 5.82 Å². The average molecular weight is 325 g/mol. The molecule has 1 saturated heterocycles. The van der Waals surface area contributed by atoms with Gasteiger partial charge in [0.25, 0.3) is 5.91 Å². The summed E-state index contributed by atoms with van der Waals surface area (Å²) in [6, 6.07) is 0.370. The van der Waals surface area contributed by atoms with E-state index >= 15 is 0 Å². The van der Waals surface area contributed by atoms with Gasteiger partial charge in [-0.3, -0.25) is 10.1 Å². The van der Waals surface area contributed by atoms with E-state index in [0.29, 0.717) is 19.5 Å². The highest BCUT2D eigenvalue weighted by molar-refractivity contribution is 5.91. The number of hydrogen-bond donors (Lipinski definition) is 2. The number of rotatable bonds is 5. The maximum absolute atomic E-state index is 12.5. The minimum absolute atomic E-state index is 0.0489. The van der Waals surface area contributed by atoms with Gasteiger partial charge in [-0.1, -0.05) is 25.4 Å². The van der Waals surface area contributed by atoms with Crippen molar-refractivity contribution in [3.63, 3.8) is 0 Å². The molecule has 3 amide bonds. The van der Waals surface area contributed by atoms with Crippen molar-refractivity contribution in [3.05, 3.63) is 6.07 Å². The molecule has 0 aliphatic carbocycles. The summed E-state index contributed by atoms with van der Waals surface area (Å²) in [4.78, 5) is 24.8. The Balaban J connectivity index is 2.02. The highest BCUT2D eigenvalue weighted by Crippen LogP contribution is 2.19. The van der Waals surface area contributed by atoms with Crippen LogP contribution in [-0.2, 0) is 4.79 Å². The summed E-state index contributed by atoms with van der Waals surface area (Å²) in [6.07, 6.45) is 1.50. The van der Waals surface area contributed by atoms with E-state index < -0.39 is 12.1 Å². The fourth-order valence-electron chi connectivity index (χ4n) is 2.31. The first-order valence-corrected chi connectivity index (χ1v) is 7.64. The molecule has 2 heterocycles. The molecule has 2 rings (SSSR count). The minimum Gasteiger partial charge on any atom is -0.467 e. The molecule has 9 heteroatoms. The lowest BCUT2D eigenvalue weighted by atomic mass is 9.99. The van der Waals surface area contributed by atoms with E-state index in [1.807, 2.05) is 13.8 Å². The smallest absolute Gasteiger partial charge is 0.341 e. The topological polar surface area (TPSA) is 114 Å². The number of nitrogens with one attached hydrogen (secondary N) is 1. The lowest BCUT2D eigenvalue weighted by Gasteiger charge is -2.31. The number of nitrogens with zero attached hydrogens (tertiary/aromatic N) is 3. The van der Waals surface area contributed by atoms with Gasteiger partial charge in [0.1, 0.15) is 0 Å². The maximum Gasteiger partial charge on any atom is 0.341 e. The number of methoxy groups -OCH3 is 1. The summed E-state index contributed by atoms with van der Waals surface area (Å²) in [6.45, 7) is 4.81. The van der Waals surface area contributed by atoms with Gasteiger partial charge in [-0.2, -0.15) is 0 Å². The molecule has 0 saturated carbocycles. The number of amides is 3. The standard InChI is InChI=1S/C14H23N5O4/c1-4-9(2)12(15)13(20)18-6-5-7-19(18)14(21)16-10-8-11(22-3)23-17-10/h8-9,12H,4-7,15H2,1-3H3,(H,16,17,21). The molecule has 1 aliphatic rings. The van der Waals surface area contributed by atoms with Crippen LogP contribution in [-0.4, -0.2) is 53.4 Å². The zero-order valence-electron chi connectivity index (χ0n) is 13.6. The van der Waals surface area contributed by atoms with Gasteiger partial charge in [-0.05, 0) is 12.3 Å². The first-order chi connectivity index (χ1) is 11.0. The third-order valence-corrected chi connectivity index (χ3v) is 3.99. The monoisotopic (exact) mass is 325 g/mol. The van der Waals surface area contributed by atoms with Crippen LogP contribution in [0.1, 0.15) is 26.7 Å². The Bertz CT molecular complexity index is 561. The molecule has 1 fully saturated rings. The zero-order valence-corrected chi connectivity index (χ0v) is 13.6. The molecular formula is C14H23N5O4. The van der Waals surface area contributed by atoms with E-state index in [1.165, 1.54) is 23.2 Å². The predicted octanol–water partition coefficient (Wildman–Crippen LogP) is 1.04. The van der Waals surface area contributed by atoms with Crippen LogP contribution in [0.3, 0.4) is 0 Å². The van der Waals surface area contributed by atoms with Gasteiger partial charge in [0, 0.05) is 13.1 Å². The van der Waals surface area contributed by atoms with E-state index in [1.54, 1.807) is 0 Å². The van der Waals surface area contributed by atoms with Gasteiger partial charge in [0.05, 0.1) is 19.2 Å². The molecule has 0 bridgehead atoms. The first kappa shape index (κ1) is 17.1. The summed E-state index contributed by atoms with van der Waals surface area (Å²) >= 11 is 0. The summed E-state index contributed by atoms with van der Waals surface area (Å²) in [5.74, 6) is 0.211. The van der Waals surface area contributed by atoms with Gasteiger partial charge in [-0.15, -0.1) is 0 Å². The second kappa shape index (κ2) is 7.32. The fourth-order valence-corrected chi connectivity index (χ4v) is 2.31. The SMILES string of the molecule is CCC(C)C(N)C(=O)N1CCCN1C(=O)Nc1cc(OC)on1. The molecule has 23 heavy (non-hydrogen) atoms. The maximum atomic E-state index is 12.5. The fraction of sp³-hybridized carbons (Fsp3) is 0.643. The Labute approximate surface area is 134 Å². The number of nitrogens with two attached hydrogens (primary N) is 1. The average Bonchev–Trinajstić information content (AvgIpc) is 3.21. The number of carbonyl (C=O) groups is 2. The van der Waals surface area contributed by atoms with Crippen molar-refractivity contribution in [3.8, 4) is 5.95 Å². The highest BCUT2D eigenvalue weighted by Gasteiger charge is 2.35. The van der Waals surface area contributed by atoms with Gasteiger partial charge in [-0.25, -0.2) is 14.8 Å². The lowest BCUT2D eigenvalue weighted by molar-refractivity contribution is -0.142. The molecule has 2 atom stereocenters. The molecule has 3 N–H and O–H groups in total. The molecule has 128 valence electrons. The molecule has 0 aromatic carbocycles. The van der Waals surface area contributed by atoms with E-state index in [0.717, 1.165) is 6.42 Å². The van der Waals surface area contributed by atoms with Crippen molar-refractivity contribution in [2.24, 2.45) is 11.7 Å². The third-order valence-electron chi connectivity index (χ3n) is 3.99. The summed E-state index contributed by atoms with van der Waals surface area (Å²) in [5.41, 5.74) is 5.99. The van der Waals surface area contributed by atoms with Crippen LogP contribution in [0.4, 0.5) is 10.6 Å². The normalized spacial score (nSPS) is 17.0. The molecule has 1 aromatic heterocycles. The number of ether oxygens (including phenoxy) is 1. The van der Waals surface area contributed by atoms with Crippen LogP contribution >= 0.6 is 0 Å². The van der Waals surface area contributed by atoms with E-state index in [4.69, 9.17) is 15.0 Å². The molecule has 0 radical (unpaired) electrons. The van der Waals surface area contributed by atoms with Crippen LogP contribution in [0.2, 0.25) is 0 Å². The molecule has 9 nitrogen and oxygen atoms in total. The van der Waals surface area contributed by atoms with Gasteiger partial charge in [0.2, 0.25) is 0 Å². The lowest BCUT2D eigenvalue weighted by Crippen LogP contribution is -2.53. The Hall–Kier alpha value is -2.29. The van der Waals surface area contributed by atoms with Crippen LogP contribution in [0.15, 0.2) is 10.6 Å². The number of anilines is 1. The van der Waals surface area contributed by atoms with Crippen molar-refractivity contribution in [2.45, 2.75) is 32.7 Å². The van der Waals surface area contributed by atoms with Crippen LogP contribution in [0.5, 0.6) is 5.95 Å². The predicted molar refractivity (Wildman–Crippen MR) is 82.5 cm³/mol. The second-order valence-corrected chi connectivity index (χ2v) is 5.51. The number of hydrazine groups is 1. The number of urea groups is 1. The quantitative estimate of drug-likeness (QED) is 0.836. The van der Waals surface area contributed by atoms with Crippen molar-refractivity contribution < 1.29 is 18.8 Å². The van der Waals surface area contributed by atoms with Crippen molar-refractivity contribution in [1.82, 2.24) is 15.2 Å². The van der Waals surface area contributed by atoms with Gasteiger partial charge >= 0.3 is 12.0 Å². The number of aromatic nitrogens is 1. The van der Waals surface area contributed by atoms with Crippen LogP contribution in [0.25, 0.3) is 0 Å². The Morgan fingerprint density at radius 3 is 2.78 bits per heavy atom. The van der Waals surface area contributed by atoms with Gasteiger partial charge < -0.3 is 15.0 Å². The molecular weight excluding hydrogens is 302 g/mol. The Kier molecular flexibility index (Phi) is 5.43.